The van der Waals surface area contributed by atoms with E-state index in [0.717, 1.165) is 17.6 Å². The molecule has 3 fully saturated rings. The normalized spacial score (nSPS) is 47.6. The fourth-order valence-electron chi connectivity index (χ4n) is 3.92. The van der Waals surface area contributed by atoms with Crippen molar-refractivity contribution in [2.45, 2.75) is 50.5 Å². The van der Waals surface area contributed by atoms with Gasteiger partial charge in [0.05, 0.1) is 5.92 Å². The van der Waals surface area contributed by atoms with Crippen LogP contribution in [0.2, 0.25) is 0 Å². The summed E-state index contributed by atoms with van der Waals surface area (Å²) < 4.78 is 5.48. The van der Waals surface area contributed by atoms with Crippen molar-refractivity contribution in [3.05, 3.63) is 11.7 Å². The third-order valence-corrected chi connectivity index (χ3v) is 5.16. The van der Waals surface area contributed by atoms with E-state index in [0.29, 0.717) is 23.7 Å². The molecule has 0 amide bonds. The maximum atomic E-state index is 6.30. The topological polar surface area (TPSA) is 64.9 Å². The molecule has 0 saturated heterocycles. The van der Waals surface area contributed by atoms with Gasteiger partial charge in [0.15, 0.2) is 5.82 Å². The van der Waals surface area contributed by atoms with Crippen LogP contribution in [0.5, 0.6) is 0 Å². The van der Waals surface area contributed by atoms with E-state index < -0.39 is 0 Å². The molecule has 3 aliphatic rings. The lowest BCUT2D eigenvalue weighted by Gasteiger charge is -2.24. The van der Waals surface area contributed by atoms with Gasteiger partial charge >= 0.3 is 0 Å². The molecule has 92 valence electrons. The van der Waals surface area contributed by atoms with E-state index in [1.165, 1.54) is 25.7 Å². The molecule has 1 aromatic rings. The van der Waals surface area contributed by atoms with E-state index in [1.807, 2.05) is 0 Å². The molecule has 0 aromatic carbocycles. The van der Waals surface area contributed by atoms with Gasteiger partial charge in [-0.25, -0.2) is 0 Å². The summed E-state index contributed by atoms with van der Waals surface area (Å²) in [5.74, 6) is 4.74. The van der Waals surface area contributed by atoms with E-state index in [2.05, 4.69) is 17.1 Å². The number of nitrogens with zero attached hydrogens (tertiary/aromatic N) is 2. The molecule has 3 saturated carbocycles. The average molecular weight is 233 g/mol. The van der Waals surface area contributed by atoms with Crippen molar-refractivity contribution in [1.82, 2.24) is 10.1 Å². The first-order valence-corrected chi connectivity index (χ1v) is 6.83. The lowest BCUT2D eigenvalue weighted by Crippen LogP contribution is -2.34. The molecule has 4 nitrogen and oxygen atoms in total. The molecular formula is C13H19N3O. The Balaban J connectivity index is 1.60. The predicted octanol–water partition coefficient (Wildman–Crippen LogP) is 2.03. The summed E-state index contributed by atoms with van der Waals surface area (Å²) in [5, 5.41) is 4.15. The van der Waals surface area contributed by atoms with Crippen LogP contribution in [0, 0.1) is 17.8 Å². The second-order valence-corrected chi connectivity index (χ2v) is 6.25. The molecule has 3 aliphatic carbocycles. The van der Waals surface area contributed by atoms with Gasteiger partial charge in [0.1, 0.15) is 0 Å². The Bertz CT molecular complexity index is 442. The third kappa shape index (κ3) is 1.39. The van der Waals surface area contributed by atoms with Crippen LogP contribution >= 0.6 is 0 Å². The highest BCUT2D eigenvalue weighted by molar-refractivity contribution is 5.14. The zero-order valence-electron chi connectivity index (χ0n) is 10.2. The monoisotopic (exact) mass is 233 g/mol. The van der Waals surface area contributed by atoms with Crippen LogP contribution in [0.1, 0.15) is 56.2 Å². The van der Waals surface area contributed by atoms with Crippen molar-refractivity contribution < 1.29 is 4.52 Å². The van der Waals surface area contributed by atoms with Gasteiger partial charge in [-0.1, -0.05) is 12.1 Å². The van der Waals surface area contributed by atoms with Gasteiger partial charge in [-0.05, 0) is 43.4 Å². The van der Waals surface area contributed by atoms with E-state index in [4.69, 9.17) is 10.3 Å². The Morgan fingerprint density at radius 3 is 2.65 bits per heavy atom. The standard InChI is InChI=1S/C13H19N3O/c1-6-4-9(6)12-15-13(17-16-12)10-7-2-3-8(5-7)11(10)14/h6-11H,2-5,14H2,1H3. The van der Waals surface area contributed by atoms with Crippen LogP contribution in [0.3, 0.4) is 0 Å². The highest BCUT2D eigenvalue weighted by Gasteiger charge is 2.49. The van der Waals surface area contributed by atoms with Gasteiger partial charge < -0.3 is 10.3 Å². The highest BCUT2D eigenvalue weighted by Crippen LogP contribution is 2.52. The summed E-state index contributed by atoms with van der Waals surface area (Å²) in [6.07, 6.45) is 5.06. The van der Waals surface area contributed by atoms with Crippen LogP contribution in [-0.2, 0) is 0 Å². The van der Waals surface area contributed by atoms with Crippen molar-refractivity contribution >= 4 is 0 Å². The lowest BCUT2D eigenvalue weighted by atomic mass is 9.85. The molecule has 4 rings (SSSR count). The molecule has 6 atom stereocenters. The molecule has 1 heterocycles. The molecule has 6 unspecified atom stereocenters. The zero-order valence-corrected chi connectivity index (χ0v) is 10.2. The van der Waals surface area contributed by atoms with E-state index in [-0.39, 0.29) is 6.04 Å². The Labute approximate surface area is 101 Å². The average Bonchev–Trinajstić information content (AvgIpc) is 2.79. The maximum Gasteiger partial charge on any atom is 0.231 e. The molecule has 4 heteroatoms. The van der Waals surface area contributed by atoms with E-state index in [9.17, 15) is 0 Å². The van der Waals surface area contributed by atoms with Gasteiger partial charge in [-0.2, -0.15) is 4.98 Å². The van der Waals surface area contributed by atoms with E-state index >= 15 is 0 Å². The lowest BCUT2D eigenvalue weighted by molar-refractivity contribution is 0.278. The smallest absolute Gasteiger partial charge is 0.231 e. The van der Waals surface area contributed by atoms with Crippen LogP contribution in [0.25, 0.3) is 0 Å². The summed E-state index contributed by atoms with van der Waals surface area (Å²) in [6, 6.07) is 0.249. The van der Waals surface area contributed by atoms with Crippen molar-refractivity contribution in [3.8, 4) is 0 Å². The van der Waals surface area contributed by atoms with Crippen LogP contribution in [-0.4, -0.2) is 16.2 Å². The number of hydrogen-bond acceptors (Lipinski definition) is 4. The van der Waals surface area contributed by atoms with Crippen molar-refractivity contribution in [3.63, 3.8) is 0 Å². The largest absolute Gasteiger partial charge is 0.339 e. The first kappa shape index (κ1) is 10.1. The summed E-state index contributed by atoms with van der Waals surface area (Å²) in [6.45, 7) is 2.24. The minimum absolute atomic E-state index is 0.249. The van der Waals surface area contributed by atoms with Gasteiger partial charge in [0.25, 0.3) is 0 Å². The highest BCUT2D eigenvalue weighted by atomic mass is 16.5. The Morgan fingerprint density at radius 2 is 2.00 bits per heavy atom. The Morgan fingerprint density at radius 1 is 1.24 bits per heavy atom. The number of rotatable bonds is 2. The Hall–Kier alpha value is -0.900. The quantitative estimate of drug-likeness (QED) is 0.849. The molecule has 17 heavy (non-hydrogen) atoms. The van der Waals surface area contributed by atoms with Gasteiger partial charge in [0.2, 0.25) is 5.89 Å². The van der Waals surface area contributed by atoms with Crippen molar-refractivity contribution in [2.24, 2.45) is 23.5 Å². The molecule has 0 radical (unpaired) electrons. The summed E-state index contributed by atoms with van der Waals surface area (Å²) in [5.41, 5.74) is 6.30. The summed E-state index contributed by atoms with van der Waals surface area (Å²) in [4.78, 5) is 4.62. The second kappa shape index (κ2) is 3.31. The van der Waals surface area contributed by atoms with E-state index in [1.54, 1.807) is 0 Å². The number of hydrogen-bond donors (Lipinski definition) is 1. The van der Waals surface area contributed by atoms with Crippen LogP contribution in [0.4, 0.5) is 0 Å². The number of nitrogens with two attached hydrogens (primary N) is 1. The minimum atomic E-state index is 0.249. The van der Waals surface area contributed by atoms with Gasteiger partial charge in [-0.15, -0.1) is 0 Å². The summed E-state index contributed by atoms with van der Waals surface area (Å²) in [7, 11) is 0. The second-order valence-electron chi connectivity index (χ2n) is 6.25. The van der Waals surface area contributed by atoms with Crippen LogP contribution in [0.15, 0.2) is 4.52 Å². The molecular weight excluding hydrogens is 214 g/mol. The molecule has 0 aliphatic heterocycles. The minimum Gasteiger partial charge on any atom is -0.339 e. The van der Waals surface area contributed by atoms with Crippen molar-refractivity contribution in [1.29, 1.82) is 0 Å². The predicted molar refractivity (Wildman–Crippen MR) is 62.4 cm³/mol. The first-order chi connectivity index (χ1) is 8.24. The maximum absolute atomic E-state index is 6.30. The summed E-state index contributed by atoms with van der Waals surface area (Å²) >= 11 is 0. The molecule has 0 spiro atoms. The fraction of sp³-hybridized carbons (Fsp3) is 0.846. The Kier molecular flexibility index (Phi) is 1.96. The number of fused-ring (bicyclic) bond motifs is 2. The van der Waals surface area contributed by atoms with Gasteiger partial charge in [0, 0.05) is 12.0 Å². The van der Waals surface area contributed by atoms with Crippen molar-refractivity contribution in [2.75, 3.05) is 0 Å². The molecule has 2 N–H and O–H groups in total. The van der Waals surface area contributed by atoms with Gasteiger partial charge in [-0.3, -0.25) is 0 Å². The fourth-order valence-corrected chi connectivity index (χ4v) is 3.92. The molecule has 2 bridgehead atoms. The van der Waals surface area contributed by atoms with Crippen LogP contribution < -0.4 is 5.73 Å². The molecule has 1 aromatic heterocycles. The third-order valence-electron chi connectivity index (χ3n) is 5.16. The zero-order chi connectivity index (χ0) is 11.6. The number of aromatic nitrogens is 2. The first-order valence-electron chi connectivity index (χ1n) is 6.83. The SMILES string of the molecule is CC1CC1c1noc(C2C3CCC(C3)C2N)n1.